The summed E-state index contributed by atoms with van der Waals surface area (Å²) in [5.74, 6) is -0.204. The molecule has 0 bridgehead atoms. The molecule has 0 saturated carbocycles. The van der Waals surface area contributed by atoms with Crippen LogP contribution in [0, 0.1) is 5.92 Å². The minimum absolute atomic E-state index is 0.399. The number of nitrogens with zero attached hydrogens (tertiary/aromatic N) is 1. The maximum absolute atomic E-state index is 12.0. The lowest BCUT2D eigenvalue weighted by atomic mass is 9.98. The van der Waals surface area contributed by atoms with Crippen molar-refractivity contribution in [2.45, 2.75) is 19.8 Å². The number of carbonyl (C=O) groups excluding carboxylic acids is 2. The predicted molar refractivity (Wildman–Crippen MR) is 70.8 cm³/mol. The van der Waals surface area contributed by atoms with Gasteiger partial charge in [0.25, 0.3) is 5.91 Å². The van der Waals surface area contributed by atoms with Crippen LogP contribution in [0.1, 0.15) is 30.1 Å². The van der Waals surface area contributed by atoms with Gasteiger partial charge in [-0.3, -0.25) is 9.59 Å². The molecule has 96 valence electrons. The van der Waals surface area contributed by atoms with Crippen molar-refractivity contribution in [2.75, 3.05) is 13.1 Å². The van der Waals surface area contributed by atoms with E-state index in [1.807, 2.05) is 0 Å². The van der Waals surface area contributed by atoms with Crippen LogP contribution >= 0.6 is 11.6 Å². The molecule has 1 aliphatic rings. The molecule has 0 spiro atoms. The summed E-state index contributed by atoms with van der Waals surface area (Å²) in [6, 6.07) is 6.44. The molecule has 1 aliphatic heterocycles. The highest BCUT2D eigenvalue weighted by Gasteiger charge is 2.26. The summed E-state index contributed by atoms with van der Waals surface area (Å²) >= 11 is 5.75. The lowest BCUT2D eigenvalue weighted by molar-refractivity contribution is -0.127. The summed E-state index contributed by atoms with van der Waals surface area (Å²) < 4.78 is 0. The summed E-state index contributed by atoms with van der Waals surface area (Å²) in [6.07, 6.45) is 1.94. The number of hydrogen-bond acceptors (Lipinski definition) is 2. The predicted octanol–water partition coefficient (Wildman–Crippen LogP) is 2.78. The van der Waals surface area contributed by atoms with E-state index < -0.39 is 11.7 Å². The van der Waals surface area contributed by atoms with Crippen LogP contribution in [0.4, 0.5) is 0 Å². The molecule has 0 unspecified atom stereocenters. The van der Waals surface area contributed by atoms with E-state index in [4.69, 9.17) is 11.6 Å². The first-order valence-electron chi connectivity index (χ1n) is 6.17. The number of piperidine rings is 1. The Morgan fingerprint density at radius 1 is 1.17 bits per heavy atom. The normalized spacial score (nSPS) is 16.7. The minimum atomic E-state index is -0.443. The second kappa shape index (κ2) is 5.53. The van der Waals surface area contributed by atoms with Gasteiger partial charge in [-0.15, -0.1) is 0 Å². The lowest BCUT2D eigenvalue weighted by Gasteiger charge is -2.29. The van der Waals surface area contributed by atoms with Crippen molar-refractivity contribution in [3.8, 4) is 0 Å². The second-order valence-electron chi connectivity index (χ2n) is 4.81. The van der Waals surface area contributed by atoms with E-state index in [9.17, 15) is 9.59 Å². The fourth-order valence-corrected chi connectivity index (χ4v) is 2.21. The van der Waals surface area contributed by atoms with Gasteiger partial charge in [0.15, 0.2) is 0 Å². The monoisotopic (exact) mass is 265 g/mol. The van der Waals surface area contributed by atoms with Crippen LogP contribution in [0.5, 0.6) is 0 Å². The van der Waals surface area contributed by atoms with E-state index in [1.54, 1.807) is 29.2 Å². The molecule has 4 heteroatoms. The van der Waals surface area contributed by atoms with Crippen molar-refractivity contribution in [1.29, 1.82) is 0 Å². The van der Waals surface area contributed by atoms with Crippen LogP contribution in [-0.2, 0) is 4.79 Å². The van der Waals surface area contributed by atoms with Gasteiger partial charge < -0.3 is 4.90 Å². The fourth-order valence-electron chi connectivity index (χ4n) is 2.08. The molecule has 1 heterocycles. The highest BCUT2D eigenvalue weighted by Crippen LogP contribution is 2.17. The van der Waals surface area contributed by atoms with Gasteiger partial charge in [-0.05, 0) is 43.0 Å². The van der Waals surface area contributed by atoms with Crippen LogP contribution in [0.3, 0.4) is 0 Å². The molecule has 2 rings (SSSR count). The first-order valence-corrected chi connectivity index (χ1v) is 6.55. The van der Waals surface area contributed by atoms with Gasteiger partial charge in [-0.2, -0.15) is 0 Å². The van der Waals surface area contributed by atoms with Gasteiger partial charge in [0.1, 0.15) is 0 Å². The molecule has 1 aromatic carbocycles. The van der Waals surface area contributed by atoms with Crippen molar-refractivity contribution in [1.82, 2.24) is 4.90 Å². The summed E-state index contributed by atoms with van der Waals surface area (Å²) in [7, 11) is 0. The Bertz CT molecular complexity index is 447. The third-order valence-corrected chi connectivity index (χ3v) is 3.62. The van der Waals surface area contributed by atoms with Crippen molar-refractivity contribution < 1.29 is 9.59 Å². The number of Topliss-reactive ketones (excluding diaryl/α,β-unsaturated/α-hetero) is 1. The zero-order chi connectivity index (χ0) is 13.1. The van der Waals surface area contributed by atoms with Gasteiger partial charge in [0.05, 0.1) is 0 Å². The van der Waals surface area contributed by atoms with E-state index >= 15 is 0 Å². The van der Waals surface area contributed by atoms with E-state index in [2.05, 4.69) is 6.92 Å². The zero-order valence-corrected chi connectivity index (χ0v) is 11.1. The number of benzene rings is 1. The Kier molecular flexibility index (Phi) is 4.02. The molecule has 0 atom stereocenters. The van der Waals surface area contributed by atoms with Crippen molar-refractivity contribution in [2.24, 2.45) is 5.92 Å². The molecule has 1 amide bonds. The van der Waals surface area contributed by atoms with Crippen molar-refractivity contribution >= 4 is 23.3 Å². The number of rotatable bonds is 2. The number of amides is 1. The Morgan fingerprint density at radius 3 is 2.28 bits per heavy atom. The molecule has 0 N–H and O–H groups in total. The van der Waals surface area contributed by atoms with Gasteiger partial charge in [-0.1, -0.05) is 18.5 Å². The van der Waals surface area contributed by atoms with Crippen LogP contribution in [0.2, 0.25) is 5.02 Å². The molecule has 0 radical (unpaired) electrons. The third-order valence-electron chi connectivity index (χ3n) is 3.37. The van der Waals surface area contributed by atoms with Crippen molar-refractivity contribution in [3.05, 3.63) is 34.9 Å². The van der Waals surface area contributed by atoms with Crippen LogP contribution < -0.4 is 0 Å². The molecule has 1 fully saturated rings. The number of hydrogen-bond donors (Lipinski definition) is 0. The average molecular weight is 266 g/mol. The first kappa shape index (κ1) is 13.1. The third kappa shape index (κ3) is 2.91. The SMILES string of the molecule is CC1CCN(C(=O)C(=O)c2ccc(Cl)cc2)CC1. The number of likely N-dealkylation sites (tertiary alicyclic amines) is 1. The lowest BCUT2D eigenvalue weighted by Crippen LogP contribution is -2.41. The van der Waals surface area contributed by atoms with Crippen LogP contribution in [0.15, 0.2) is 24.3 Å². The van der Waals surface area contributed by atoms with Crippen LogP contribution in [-0.4, -0.2) is 29.7 Å². The van der Waals surface area contributed by atoms with E-state index in [-0.39, 0.29) is 0 Å². The Balaban J connectivity index is 2.05. The molecular formula is C14H16ClNO2. The number of carbonyl (C=O) groups is 2. The van der Waals surface area contributed by atoms with Gasteiger partial charge in [0.2, 0.25) is 5.78 Å². The van der Waals surface area contributed by atoms with E-state index in [1.165, 1.54) is 0 Å². The summed E-state index contributed by atoms with van der Waals surface area (Å²) in [5.41, 5.74) is 0.406. The van der Waals surface area contributed by atoms with Gasteiger partial charge in [0, 0.05) is 23.7 Å². The Labute approximate surface area is 112 Å². The topological polar surface area (TPSA) is 37.4 Å². The maximum atomic E-state index is 12.0. The number of halogens is 1. The van der Waals surface area contributed by atoms with Gasteiger partial charge in [-0.25, -0.2) is 0 Å². The highest BCUT2D eigenvalue weighted by molar-refractivity contribution is 6.42. The second-order valence-corrected chi connectivity index (χ2v) is 5.25. The molecule has 1 saturated heterocycles. The largest absolute Gasteiger partial charge is 0.336 e. The fraction of sp³-hybridized carbons (Fsp3) is 0.429. The molecule has 3 nitrogen and oxygen atoms in total. The minimum Gasteiger partial charge on any atom is -0.336 e. The average Bonchev–Trinajstić information content (AvgIpc) is 2.39. The van der Waals surface area contributed by atoms with Gasteiger partial charge >= 0.3 is 0 Å². The smallest absolute Gasteiger partial charge is 0.294 e. The zero-order valence-electron chi connectivity index (χ0n) is 10.4. The maximum Gasteiger partial charge on any atom is 0.294 e. The molecule has 1 aromatic rings. The summed E-state index contributed by atoms with van der Waals surface area (Å²) in [4.78, 5) is 25.7. The van der Waals surface area contributed by atoms with Crippen molar-refractivity contribution in [3.63, 3.8) is 0 Å². The molecule has 0 aliphatic carbocycles. The summed E-state index contributed by atoms with van der Waals surface area (Å²) in [5, 5.41) is 0.561. The Hall–Kier alpha value is -1.35. The molecule has 0 aromatic heterocycles. The Morgan fingerprint density at radius 2 is 1.72 bits per heavy atom. The first-order chi connectivity index (χ1) is 8.58. The standard InChI is InChI=1S/C14H16ClNO2/c1-10-6-8-16(9-7-10)14(18)13(17)11-2-4-12(15)5-3-11/h2-5,10H,6-9H2,1H3. The molecular weight excluding hydrogens is 250 g/mol. The molecule has 18 heavy (non-hydrogen) atoms. The van der Waals surface area contributed by atoms with E-state index in [0.29, 0.717) is 29.6 Å². The quantitative estimate of drug-likeness (QED) is 0.609. The van der Waals surface area contributed by atoms with E-state index in [0.717, 1.165) is 12.8 Å². The highest BCUT2D eigenvalue weighted by atomic mass is 35.5. The van der Waals surface area contributed by atoms with Crippen LogP contribution in [0.25, 0.3) is 0 Å². The summed E-state index contributed by atoms with van der Waals surface area (Å²) in [6.45, 7) is 3.53. The number of ketones is 1.